The summed E-state index contributed by atoms with van der Waals surface area (Å²) in [5, 5.41) is 0. The van der Waals surface area contributed by atoms with Crippen LogP contribution in [0.25, 0.3) is 0 Å². The molecule has 1 atom stereocenters. The number of hydrogen-bond donors (Lipinski definition) is 0. The highest BCUT2D eigenvalue weighted by Crippen LogP contribution is 2.36. The summed E-state index contributed by atoms with van der Waals surface area (Å²) in [5.74, 6) is -2.68. The Bertz CT molecular complexity index is 272. The number of halogens is 2. The van der Waals surface area contributed by atoms with E-state index in [1.54, 1.807) is 6.92 Å². The number of hydrogen-bond acceptors (Lipinski definition) is 3. The van der Waals surface area contributed by atoms with Crippen LogP contribution in [0.4, 0.5) is 8.78 Å². The van der Waals surface area contributed by atoms with Gasteiger partial charge in [0.25, 0.3) is 0 Å². The van der Waals surface area contributed by atoms with Gasteiger partial charge in [-0.25, -0.2) is 8.78 Å². The lowest BCUT2D eigenvalue weighted by molar-refractivity contribution is -0.143. The molecule has 0 spiro atoms. The molecule has 1 aliphatic carbocycles. The van der Waals surface area contributed by atoms with Gasteiger partial charge in [0.15, 0.2) is 0 Å². The van der Waals surface area contributed by atoms with Gasteiger partial charge in [-0.05, 0) is 32.7 Å². The molecular weight excluding hydrogens is 240 g/mol. The molecule has 1 unspecified atom stereocenters. The minimum Gasteiger partial charge on any atom is -0.466 e. The quantitative estimate of drug-likeness (QED) is 0.690. The van der Waals surface area contributed by atoms with E-state index in [4.69, 9.17) is 4.74 Å². The van der Waals surface area contributed by atoms with Gasteiger partial charge in [0, 0.05) is 25.9 Å². The highest BCUT2D eigenvalue weighted by atomic mass is 19.3. The molecule has 0 aromatic rings. The first-order valence-corrected chi connectivity index (χ1v) is 6.65. The zero-order chi connectivity index (χ0) is 13.6. The Morgan fingerprint density at radius 1 is 1.50 bits per heavy atom. The largest absolute Gasteiger partial charge is 0.466 e. The van der Waals surface area contributed by atoms with Crippen molar-refractivity contribution in [2.75, 3.05) is 26.7 Å². The molecule has 0 heterocycles. The van der Waals surface area contributed by atoms with Crippen LogP contribution in [0.3, 0.4) is 0 Å². The van der Waals surface area contributed by atoms with E-state index in [1.807, 2.05) is 11.9 Å². The summed E-state index contributed by atoms with van der Waals surface area (Å²) in [7, 11) is 1.87. The third kappa shape index (κ3) is 5.76. The van der Waals surface area contributed by atoms with Crippen LogP contribution in [-0.4, -0.2) is 43.5 Å². The Labute approximate surface area is 107 Å². The van der Waals surface area contributed by atoms with Crippen LogP contribution in [-0.2, 0) is 9.53 Å². The zero-order valence-corrected chi connectivity index (χ0v) is 11.3. The normalized spacial score (nSPS) is 23.1. The smallest absolute Gasteiger partial charge is 0.307 e. The van der Waals surface area contributed by atoms with Crippen molar-refractivity contribution in [1.82, 2.24) is 4.90 Å². The minimum atomic E-state index is -2.50. The molecule has 1 rings (SSSR count). The number of ether oxygens (including phenoxy) is 1. The van der Waals surface area contributed by atoms with Crippen LogP contribution in [0.2, 0.25) is 0 Å². The summed E-state index contributed by atoms with van der Waals surface area (Å²) in [4.78, 5) is 13.1. The van der Waals surface area contributed by atoms with Gasteiger partial charge in [0.2, 0.25) is 5.92 Å². The lowest BCUT2D eigenvalue weighted by Gasteiger charge is -2.31. The number of carbonyl (C=O) groups excluding carboxylic acids is 1. The van der Waals surface area contributed by atoms with Crippen molar-refractivity contribution in [3.05, 3.63) is 0 Å². The van der Waals surface area contributed by atoms with Crippen LogP contribution in [0.5, 0.6) is 0 Å². The topological polar surface area (TPSA) is 29.5 Å². The van der Waals surface area contributed by atoms with E-state index in [-0.39, 0.29) is 24.7 Å². The van der Waals surface area contributed by atoms with Gasteiger partial charge in [-0.1, -0.05) is 0 Å². The lowest BCUT2D eigenvalue weighted by atomic mass is 9.86. The second-order valence-corrected chi connectivity index (χ2v) is 5.14. The maximum atomic E-state index is 13.2. The van der Waals surface area contributed by atoms with Crippen molar-refractivity contribution in [1.29, 1.82) is 0 Å². The molecule has 1 saturated carbocycles. The van der Waals surface area contributed by atoms with Gasteiger partial charge < -0.3 is 9.64 Å². The Morgan fingerprint density at radius 3 is 2.83 bits per heavy atom. The Kier molecular flexibility index (Phi) is 5.99. The highest BCUT2D eigenvalue weighted by Gasteiger charge is 2.36. The van der Waals surface area contributed by atoms with E-state index < -0.39 is 5.92 Å². The highest BCUT2D eigenvalue weighted by molar-refractivity contribution is 5.69. The first kappa shape index (κ1) is 15.3. The number of alkyl halides is 2. The predicted molar refractivity (Wildman–Crippen MR) is 65.7 cm³/mol. The summed E-state index contributed by atoms with van der Waals surface area (Å²) in [6.45, 7) is 3.36. The molecule has 0 saturated heterocycles. The number of rotatable bonds is 6. The molecule has 0 radical (unpaired) electrons. The van der Waals surface area contributed by atoms with Gasteiger partial charge in [-0.2, -0.15) is 0 Å². The van der Waals surface area contributed by atoms with E-state index in [1.165, 1.54) is 0 Å². The molecule has 0 aliphatic heterocycles. The second-order valence-electron chi connectivity index (χ2n) is 5.14. The molecule has 1 aliphatic rings. The van der Waals surface area contributed by atoms with Gasteiger partial charge in [0.1, 0.15) is 0 Å². The van der Waals surface area contributed by atoms with E-state index in [0.717, 1.165) is 6.42 Å². The summed E-state index contributed by atoms with van der Waals surface area (Å²) >= 11 is 0. The standard InChI is InChI=1S/C13H23F2NO2/c1-3-18-12(17)6-8-16(2)10-11-5-4-7-13(14,15)9-11/h11H,3-10H2,1-2H3. The maximum absolute atomic E-state index is 13.2. The summed E-state index contributed by atoms with van der Waals surface area (Å²) in [6.07, 6.45) is 1.79. The van der Waals surface area contributed by atoms with E-state index in [2.05, 4.69) is 0 Å². The van der Waals surface area contributed by atoms with Crippen molar-refractivity contribution < 1.29 is 18.3 Å². The van der Waals surface area contributed by atoms with Crippen molar-refractivity contribution in [2.24, 2.45) is 5.92 Å². The minimum absolute atomic E-state index is 0.0171. The SMILES string of the molecule is CCOC(=O)CCN(C)CC1CCCC(F)(F)C1. The molecule has 0 N–H and O–H groups in total. The fraction of sp³-hybridized carbons (Fsp3) is 0.923. The molecular formula is C13H23F2NO2. The summed E-state index contributed by atoms with van der Waals surface area (Å²) in [6, 6.07) is 0. The van der Waals surface area contributed by atoms with Crippen LogP contribution < -0.4 is 0 Å². The van der Waals surface area contributed by atoms with Crippen LogP contribution >= 0.6 is 0 Å². The van der Waals surface area contributed by atoms with Crippen LogP contribution in [0.1, 0.15) is 39.0 Å². The zero-order valence-electron chi connectivity index (χ0n) is 11.3. The predicted octanol–water partition coefficient (Wildman–Crippen LogP) is 2.70. The van der Waals surface area contributed by atoms with Crippen LogP contribution in [0, 0.1) is 5.92 Å². The molecule has 0 aromatic carbocycles. The number of nitrogens with zero attached hydrogens (tertiary/aromatic N) is 1. The monoisotopic (exact) mass is 263 g/mol. The Balaban J connectivity index is 2.23. The van der Waals surface area contributed by atoms with Crippen molar-refractivity contribution in [3.8, 4) is 0 Å². The number of esters is 1. The summed E-state index contributed by atoms with van der Waals surface area (Å²) in [5.41, 5.74) is 0. The molecule has 18 heavy (non-hydrogen) atoms. The van der Waals surface area contributed by atoms with Crippen molar-refractivity contribution in [3.63, 3.8) is 0 Å². The first-order chi connectivity index (χ1) is 8.43. The van der Waals surface area contributed by atoms with E-state index in [9.17, 15) is 13.6 Å². The molecule has 3 nitrogen and oxygen atoms in total. The first-order valence-electron chi connectivity index (χ1n) is 6.65. The molecule has 5 heteroatoms. The molecule has 0 aromatic heterocycles. The second kappa shape index (κ2) is 7.02. The third-order valence-electron chi connectivity index (χ3n) is 3.32. The van der Waals surface area contributed by atoms with Crippen LogP contribution in [0.15, 0.2) is 0 Å². The average molecular weight is 263 g/mol. The fourth-order valence-corrected chi connectivity index (χ4v) is 2.48. The average Bonchev–Trinajstić information content (AvgIpc) is 2.25. The molecule has 0 bridgehead atoms. The Morgan fingerprint density at radius 2 is 2.22 bits per heavy atom. The van der Waals surface area contributed by atoms with Gasteiger partial charge in [0.05, 0.1) is 13.0 Å². The molecule has 1 fully saturated rings. The Hall–Kier alpha value is -0.710. The van der Waals surface area contributed by atoms with E-state index >= 15 is 0 Å². The maximum Gasteiger partial charge on any atom is 0.307 e. The lowest BCUT2D eigenvalue weighted by Crippen LogP contribution is -2.34. The van der Waals surface area contributed by atoms with Crippen molar-refractivity contribution >= 4 is 5.97 Å². The number of carbonyl (C=O) groups is 1. The van der Waals surface area contributed by atoms with E-state index in [0.29, 0.717) is 32.5 Å². The fourth-order valence-electron chi connectivity index (χ4n) is 2.48. The van der Waals surface area contributed by atoms with Gasteiger partial charge in [-0.15, -0.1) is 0 Å². The van der Waals surface area contributed by atoms with Gasteiger partial charge >= 0.3 is 5.97 Å². The molecule has 106 valence electrons. The summed E-state index contributed by atoms with van der Waals surface area (Å²) < 4.78 is 31.3. The third-order valence-corrected chi connectivity index (χ3v) is 3.32. The van der Waals surface area contributed by atoms with Crippen molar-refractivity contribution in [2.45, 2.75) is 45.0 Å². The molecule has 0 amide bonds. The van der Waals surface area contributed by atoms with Gasteiger partial charge in [-0.3, -0.25) is 4.79 Å².